The lowest BCUT2D eigenvalue weighted by Crippen LogP contribution is -2.45. The highest BCUT2D eigenvalue weighted by atomic mass is 19.4. The van der Waals surface area contributed by atoms with E-state index in [0.29, 0.717) is 17.2 Å². The number of alkyl halides is 3. The van der Waals surface area contributed by atoms with Crippen molar-refractivity contribution >= 4 is 23.6 Å². The van der Waals surface area contributed by atoms with Crippen molar-refractivity contribution in [2.45, 2.75) is 65.4 Å². The molecule has 0 atom stereocenters. The highest BCUT2D eigenvalue weighted by molar-refractivity contribution is 6.05. The summed E-state index contributed by atoms with van der Waals surface area (Å²) in [6.45, 7) is 6.93. The van der Waals surface area contributed by atoms with Gasteiger partial charge in [0.2, 0.25) is 0 Å². The van der Waals surface area contributed by atoms with Crippen LogP contribution in [-0.2, 0) is 6.54 Å². The van der Waals surface area contributed by atoms with E-state index in [1.165, 1.54) is 19.2 Å². The first kappa shape index (κ1) is 31.4. The van der Waals surface area contributed by atoms with Crippen LogP contribution in [0, 0.1) is 16.9 Å². The summed E-state index contributed by atoms with van der Waals surface area (Å²) < 4.78 is 41.4. The van der Waals surface area contributed by atoms with Crippen LogP contribution in [0.1, 0.15) is 62.4 Å². The van der Waals surface area contributed by atoms with Gasteiger partial charge in [0.1, 0.15) is 5.75 Å². The molecule has 0 saturated heterocycles. The summed E-state index contributed by atoms with van der Waals surface area (Å²) in [5.74, 6) is -0.518. The smallest absolute Gasteiger partial charge is 0.406 e. The number of hydrogen-bond acceptors (Lipinski definition) is 6. The van der Waals surface area contributed by atoms with Crippen LogP contribution in [0.2, 0.25) is 0 Å². The predicted molar refractivity (Wildman–Crippen MR) is 148 cm³/mol. The van der Waals surface area contributed by atoms with Gasteiger partial charge in [0.05, 0.1) is 0 Å². The summed E-state index contributed by atoms with van der Waals surface area (Å²) in [5.41, 5.74) is 11.2. The summed E-state index contributed by atoms with van der Waals surface area (Å²) in [7, 11) is 1.51. The van der Waals surface area contributed by atoms with Gasteiger partial charge in [-0.1, -0.05) is 32.9 Å². The zero-order valence-electron chi connectivity index (χ0n) is 23.5. The minimum atomic E-state index is -4.80. The monoisotopic (exact) mass is 575 g/mol. The van der Waals surface area contributed by atoms with Crippen molar-refractivity contribution in [3.8, 4) is 5.75 Å². The van der Waals surface area contributed by atoms with Gasteiger partial charge in [0.25, 0.3) is 11.9 Å². The van der Waals surface area contributed by atoms with Crippen molar-refractivity contribution in [3.63, 3.8) is 0 Å². The molecule has 0 unspecified atom stereocenters. The van der Waals surface area contributed by atoms with E-state index in [4.69, 9.17) is 5.53 Å². The number of rotatable bonds is 7. The number of ether oxygens (including phenoxy) is 1. The van der Waals surface area contributed by atoms with Gasteiger partial charge in [-0.2, -0.15) is 0 Å². The topological polar surface area (TPSA) is 131 Å². The standard InChI is InChI=1S/C28H36F3N7O3/c1-27(2,3)20-9-13-22(14-10-20)38(26(40)34-21-11-15-23(16-12-21)41-28(29,30)31)17-18-5-7-19(8-6-18)24(39)35-25(36-32)37-33-4/h5-8,11-12,15-16,20,22,32-33H,9-10,13-14,17H2,1-4H3,(H,34,40)(H,35,37,39). The Morgan fingerprint density at radius 3 is 2.12 bits per heavy atom. The second kappa shape index (κ2) is 13.5. The fourth-order valence-electron chi connectivity index (χ4n) is 4.87. The number of hydrogen-bond donors (Lipinski definition) is 4. The number of urea groups is 1. The molecular weight excluding hydrogens is 539 g/mol. The molecule has 0 aromatic heterocycles. The van der Waals surface area contributed by atoms with E-state index < -0.39 is 12.3 Å². The normalized spacial score (nSPS) is 17.8. The Labute approximate surface area is 237 Å². The second-order valence-electron chi connectivity index (χ2n) is 10.9. The molecular formula is C28H36F3N7O3. The molecule has 13 heteroatoms. The van der Waals surface area contributed by atoms with Crippen molar-refractivity contribution in [3.05, 3.63) is 59.7 Å². The van der Waals surface area contributed by atoms with Crippen LogP contribution in [0.25, 0.3) is 0 Å². The molecule has 2 aromatic rings. The van der Waals surface area contributed by atoms with Crippen molar-refractivity contribution in [1.82, 2.24) is 15.6 Å². The van der Waals surface area contributed by atoms with Crippen molar-refractivity contribution in [1.29, 1.82) is 5.53 Å². The van der Waals surface area contributed by atoms with Crippen molar-refractivity contribution in [2.24, 2.45) is 21.5 Å². The van der Waals surface area contributed by atoms with E-state index in [1.807, 2.05) is 0 Å². The Kier molecular flexibility index (Phi) is 10.3. The Balaban J connectivity index is 1.75. The van der Waals surface area contributed by atoms with Crippen LogP contribution < -0.4 is 20.8 Å². The Morgan fingerprint density at radius 1 is 1.00 bits per heavy atom. The molecule has 0 heterocycles. The fraction of sp³-hybridized carbons (Fsp3) is 0.464. The molecule has 1 saturated carbocycles. The Hall–Kier alpha value is -4.16. The summed E-state index contributed by atoms with van der Waals surface area (Å²) in [4.78, 5) is 27.7. The molecule has 0 spiro atoms. The zero-order chi connectivity index (χ0) is 30.2. The molecule has 222 valence electrons. The molecule has 0 bridgehead atoms. The van der Waals surface area contributed by atoms with Gasteiger partial charge in [0.15, 0.2) is 0 Å². The number of hydrazone groups is 1. The number of nitrogens with one attached hydrogen (secondary N) is 4. The molecule has 3 amide bonds. The average molecular weight is 576 g/mol. The van der Waals surface area contributed by atoms with Gasteiger partial charge in [-0.3, -0.25) is 10.1 Å². The van der Waals surface area contributed by atoms with Crippen molar-refractivity contribution < 1.29 is 27.5 Å². The number of nitrogens with zero attached hydrogens (tertiary/aromatic N) is 3. The van der Waals surface area contributed by atoms with Gasteiger partial charge in [0, 0.05) is 30.9 Å². The third kappa shape index (κ3) is 9.47. The number of carbonyl (C=O) groups excluding carboxylic acids is 2. The molecule has 2 aromatic carbocycles. The maximum absolute atomic E-state index is 13.5. The minimum Gasteiger partial charge on any atom is -0.406 e. The summed E-state index contributed by atoms with van der Waals surface area (Å²) in [6.07, 6.45) is -1.23. The highest BCUT2D eigenvalue weighted by Crippen LogP contribution is 2.39. The number of halogens is 3. The van der Waals surface area contributed by atoms with E-state index in [2.05, 4.69) is 51.8 Å². The molecule has 1 aliphatic carbocycles. The first-order valence-corrected chi connectivity index (χ1v) is 13.2. The minimum absolute atomic E-state index is 0.0385. The quantitative estimate of drug-likeness (QED) is 0.130. The van der Waals surface area contributed by atoms with E-state index >= 15 is 0 Å². The molecule has 10 nitrogen and oxygen atoms in total. The SMILES string of the molecule is CN/N=C(\N=N)NC(=O)c1ccc(CN(C(=O)Nc2ccc(OC(F)(F)F)cc2)C2CCC(C(C)(C)C)CC2)cc1. The number of carbonyl (C=O) groups is 2. The largest absolute Gasteiger partial charge is 0.573 e. The molecule has 4 N–H and O–H groups in total. The summed E-state index contributed by atoms with van der Waals surface area (Å²) in [5, 5.41) is 12.0. The third-order valence-corrected chi connectivity index (χ3v) is 7.08. The van der Waals surface area contributed by atoms with Crippen LogP contribution in [0.5, 0.6) is 5.75 Å². The van der Waals surface area contributed by atoms with Crippen LogP contribution >= 0.6 is 0 Å². The van der Waals surface area contributed by atoms with Crippen molar-refractivity contribution in [2.75, 3.05) is 12.4 Å². The highest BCUT2D eigenvalue weighted by Gasteiger charge is 2.34. The lowest BCUT2D eigenvalue weighted by atomic mass is 9.71. The van der Waals surface area contributed by atoms with E-state index in [1.54, 1.807) is 29.2 Å². The summed E-state index contributed by atoms with van der Waals surface area (Å²) in [6, 6.07) is 11.3. The average Bonchev–Trinajstić information content (AvgIpc) is 2.91. The molecule has 1 aliphatic rings. The molecule has 3 rings (SSSR count). The number of amides is 3. The molecule has 1 fully saturated rings. The van der Waals surface area contributed by atoms with E-state index in [9.17, 15) is 22.8 Å². The van der Waals surface area contributed by atoms with Crippen LogP contribution in [0.4, 0.5) is 23.7 Å². The number of benzene rings is 2. The Morgan fingerprint density at radius 2 is 1.61 bits per heavy atom. The van der Waals surface area contributed by atoms with Crippen LogP contribution in [0.3, 0.4) is 0 Å². The maximum atomic E-state index is 13.5. The molecule has 41 heavy (non-hydrogen) atoms. The first-order valence-electron chi connectivity index (χ1n) is 13.2. The van der Waals surface area contributed by atoms with Crippen LogP contribution in [-0.4, -0.2) is 42.2 Å². The van der Waals surface area contributed by atoms with Gasteiger partial charge in [-0.05, 0) is 79.0 Å². The maximum Gasteiger partial charge on any atom is 0.573 e. The molecule has 0 radical (unpaired) electrons. The third-order valence-electron chi connectivity index (χ3n) is 7.08. The van der Waals surface area contributed by atoms with E-state index in [0.717, 1.165) is 43.4 Å². The first-order chi connectivity index (χ1) is 19.3. The lowest BCUT2D eigenvalue weighted by molar-refractivity contribution is -0.274. The predicted octanol–water partition coefficient (Wildman–Crippen LogP) is 6.48. The molecule has 0 aliphatic heterocycles. The van der Waals surface area contributed by atoms with Gasteiger partial charge in [-0.15, -0.1) is 23.4 Å². The van der Waals surface area contributed by atoms with Gasteiger partial charge in [-0.25, -0.2) is 10.3 Å². The number of guanidine groups is 1. The van der Waals surface area contributed by atoms with Gasteiger partial charge >= 0.3 is 12.4 Å². The van der Waals surface area contributed by atoms with E-state index in [-0.39, 0.29) is 35.7 Å². The Bertz CT molecular complexity index is 1220. The second-order valence-corrected chi connectivity index (χ2v) is 10.9. The van der Waals surface area contributed by atoms with Crippen LogP contribution in [0.15, 0.2) is 58.7 Å². The fourth-order valence-corrected chi connectivity index (χ4v) is 4.87. The summed E-state index contributed by atoms with van der Waals surface area (Å²) >= 11 is 0. The van der Waals surface area contributed by atoms with Gasteiger partial charge < -0.3 is 20.4 Å². The lowest BCUT2D eigenvalue weighted by Gasteiger charge is -2.41. The number of anilines is 1. The zero-order valence-corrected chi connectivity index (χ0v) is 23.5.